The second-order valence-corrected chi connectivity index (χ2v) is 10.9. The van der Waals surface area contributed by atoms with Gasteiger partial charge in [-0.25, -0.2) is 9.59 Å². The first kappa shape index (κ1) is 34.7. The van der Waals surface area contributed by atoms with Gasteiger partial charge in [0.2, 0.25) is 0 Å². The lowest BCUT2D eigenvalue weighted by Gasteiger charge is -2.30. The van der Waals surface area contributed by atoms with Crippen molar-refractivity contribution in [3.63, 3.8) is 0 Å². The highest BCUT2D eigenvalue weighted by molar-refractivity contribution is 5.81. The van der Waals surface area contributed by atoms with Crippen LogP contribution in [-0.2, 0) is 35.0 Å². The first-order chi connectivity index (χ1) is 18.7. The Morgan fingerprint density at radius 1 is 0.875 bits per heavy atom. The summed E-state index contributed by atoms with van der Waals surface area (Å²) in [4.78, 5) is 49.6. The number of hydrogen-bond donors (Lipinski definition) is 1. The third-order valence-electron chi connectivity index (χ3n) is 5.67. The maximum absolute atomic E-state index is 12.8. The molecule has 2 unspecified atom stereocenters. The zero-order valence-corrected chi connectivity index (χ0v) is 24.9. The van der Waals surface area contributed by atoms with Crippen molar-refractivity contribution in [1.29, 1.82) is 0 Å². The number of ether oxygens (including phenoxy) is 6. The normalized spacial score (nSPS) is 14.1. The first-order valence-electron chi connectivity index (χ1n) is 13.6. The molecule has 2 N–H and O–H groups in total. The second kappa shape index (κ2) is 16.7. The minimum atomic E-state index is -1.59. The molecule has 0 saturated heterocycles. The molecule has 0 aliphatic heterocycles. The fraction of sp³-hybridized carbons (Fsp3) is 0.655. The number of hydrogen-bond acceptors (Lipinski definition) is 11. The monoisotopic (exact) mass is 567 g/mol. The highest BCUT2D eigenvalue weighted by Crippen LogP contribution is 2.32. The molecule has 0 fully saturated rings. The van der Waals surface area contributed by atoms with Crippen molar-refractivity contribution in [2.45, 2.75) is 85.8 Å². The molecular weight excluding hydrogens is 522 g/mol. The minimum Gasteiger partial charge on any atom is -0.468 e. The van der Waals surface area contributed by atoms with E-state index in [9.17, 15) is 19.2 Å². The summed E-state index contributed by atoms with van der Waals surface area (Å²) in [5.41, 5.74) is 5.38. The van der Waals surface area contributed by atoms with Gasteiger partial charge in [0.05, 0.1) is 26.2 Å². The van der Waals surface area contributed by atoms with Gasteiger partial charge in [-0.1, -0.05) is 54.0 Å². The topological polar surface area (TPSA) is 150 Å². The summed E-state index contributed by atoms with van der Waals surface area (Å²) < 4.78 is 31.2. The Kier molecular flexibility index (Phi) is 14.5. The van der Waals surface area contributed by atoms with E-state index in [0.29, 0.717) is 12.0 Å². The summed E-state index contributed by atoms with van der Waals surface area (Å²) in [5.74, 6) is -1.44. The van der Waals surface area contributed by atoms with E-state index in [4.69, 9.17) is 34.2 Å². The predicted octanol–water partition coefficient (Wildman–Crippen LogP) is 5.20. The lowest BCUT2D eigenvalue weighted by molar-refractivity contribution is -0.157. The van der Waals surface area contributed by atoms with Gasteiger partial charge in [0.1, 0.15) is 11.6 Å². The molecular formula is C29H45NO10. The molecule has 0 spiro atoms. The van der Waals surface area contributed by atoms with Crippen molar-refractivity contribution in [3.05, 3.63) is 23.8 Å². The van der Waals surface area contributed by atoms with Crippen molar-refractivity contribution >= 4 is 24.2 Å². The molecule has 1 aromatic carbocycles. The molecule has 0 bridgehead atoms. The smallest absolute Gasteiger partial charge is 0.468 e. The molecule has 0 radical (unpaired) electrons. The SMILES string of the molecule is CCCC(C)C(=O)OC(C)C[C@@](N)(Cc1ccc(OC(=O)OCC(C)C)c(OC(=O)OCC(C)C)c1)C(=O)OC. The van der Waals surface area contributed by atoms with Crippen LogP contribution in [0.5, 0.6) is 11.5 Å². The van der Waals surface area contributed by atoms with Crippen LogP contribution in [-0.4, -0.2) is 56.2 Å². The average Bonchev–Trinajstić information content (AvgIpc) is 2.87. The number of carbonyl (C=O) groups excluding carboxylic acids is 4. The first-order valence-corrected chi connectivity index (χ1v) is 13.6. The number of rotatable bonds is 15. The molecule has 0 heterocycles. The Labute approximate surface area is 236 Å². The van der Waals surface area contributed by atoms with Crippen LogP contribution >= 0.6 is 0 Å². The van der Waals surface area contributed by atoms with Gasteiger partial charge in [0, 0.05) is 12.8 Å². The van der Waals surface area contributed by atoms with E-state index in [2.05, 4.69) is 0 Å². The van der Waals surface area contributed by atoms with Crippen molar-refractivity contribution in [2.24, 2.45) is 23.5 Å². The summed E-state index contributed by atoms with van der Waals surface area (Å²) in [7, 11) is 1.21. The van der Waals surface area contributed by atoms with Crippen LogP contribution in [0.2, 0.25) is 0 Å². The maximum atomic E-state index is 12.8. The standard InChI is InChI=1S/C29H45NO10/c1-9-10-20(6)25(31)38-21(7)14-29(30,26(32)35-8)15-22-11-12-23(39-27(33)36-16-18(2)3)24(13-22)40-28(34)37-17-19(4)5/h11-13,18-21H,9-10,14-17,30H2,1-8H3/t20?,21?,29-/m1/s1. The molecule has 226 valence electrons. The van der Waals surface area contributed by atoms with Gasteiger partial charge in [0.25, 0.3) is 0 Å². The second-order valence-electron chi connectivity index (χ2n) is 10.9. The third kappa shape index (κ3) is 12.2. The summed E-state index contributed by atoms with van der Waals surface area (Å²) in [6.45, 7) is 13.1. The number of esters is 2. The summed E-state index contributed by atoms with van der Waals surface area (Å²) in [5, 5.41) is 0. The molecule has 0 saturated carbocycles. The van der Waals surface area contributed by atoms with E-state index in [0.717, 1.165) is 6.42 Å². The molecule has 1 aromatic rings. The fourth-order valence-corrected chi connectivity index (χ4v) is 3.75. The molecule has 11 heteroatoms. The Hall–Kier alpha value is -3.34. The van der Waals surface area contributed by atoms with Crippen molar-refractivity contribution in [2.75, 3.05) is 20.3 Å². The third-order valence-corrected chi connectivity index (χ3v) is 5.67. The number of benzene rings is 1. The number of carbonyl (C=O) groups is 4. The van der Waals surface area contributed by atoms with Crippen LogP contribution in [0.3, 0.4) is 0 Å². The number of nitrogens with two attached hydrogens (primary N) is 1. The molecule has 11 nitrogen and oxygen atoms in total. The molecule has 1 rings (SSSR count). The van der Waals surface area contributed by atoms with Gasteiger partial charge in [-0.15, -0.1) is 0 Å². The maximum Gasteiger partial charge on any atom is 0.513 e. The summed E-state index contributed by atoms with van der Waals surface area (Å²) >= 11 is 0. The quantitative estimate of drug-likeness (QED) is 0.169. The van der Waals surface area contributed by atoms with Gasteiger partial charge in [-0.05, 0) is 42.9 Å². The van der Waals surface area contributed by atoms with Crippen LogP contribution in [0.15, 0.2) is 18.2 Å². The van der Waals surface area contributed by atoms with Gasteiger partial charge in [0.15, 0.2) is 11.5 Å². The molecule has 0 aromatic heterocycles. The van der Waals surface area contributed by atoms with Gasteiger partial charge < -0.3 is 34.2 Å². The zero-order chi connectivity index (χ0) is 30.5. The van der Waals surface area contributed by atoms with E-state index in [1.165, 1.54) is 19.2 Å². The van der Waals surface area contributed by atoms with Gasteiger partial charge >= 0.3 is 24.2 Å². The molecule has 40 heavy (non-hydrogen) atoms. The van der Waals surface area contributed by atoms with Gasteiger partial charge in [-0.3, -0.25) is 9.59 Å². The molecule has 0 amide bonds. The Morgan fingerprint density at radius 3 is 1.93 bits per heavy atom. The lowest BCUT2D eigenvalue weighted by atomic mass is 9.86. The van der Waals surface area contributed by atoms with Crippen LogP contribution in [0.4, 0.5) is 9.59 Å². The largest absolute Gasteiger partial charge is 0.513 e. The van der Waals surface area contributed by atoms with Gasteiger partial charge in [-0.2, -0.15) is 0 Å². The van der Waals surface area contributed by atoms with E-state index in [1.807, 2.05) is 34.6 Å². The lowest BCUT2D eigenvalue weighted by Crippen LogP contribution is -2.53. The Balaban J connectivity index is 3.22. The molecule has 3 atom stereocenters. The predicted molar refractivity (Wildman–Crippen MR) is 147 cm³/mol. The summed E-state index contributed by atoms with van der Waals surface area (Å²) in [6, 6.07) is 4.36. The van der Waals surface area contributed by atoms with Crippen molar-refractivity contribution in [1.82, 2.24) is 0 Å². The highest BCUT2D eigenvalue weighted by atomic mass is 16.7. The van der Waals surface area contributed by atoms with Crippen LogP contribution in [0.1, 0.15) is 73.3 Å². The van der Waals surface area contributed by atoms with E-state index in [1.54, 1.807) is 19.9 Å². The van der Waals surface area contributed by atoms with E-state index in [-0.39, 0.29) is 61.3 Å². The van der Waals surface area contributed by atoms with Crippen molar-refractivity contribution < 1.29 is 47.6 Å². The molecule has 0 aliphatic carbocycles. The Bertz CT molecular complexity index is 993. The van der Waals surface area contributed by atoms with Crippen LogP contribution < -0.4 is 15.2 Å². The zero-order valence-electron chi connectivity index (χ0n) is 24.9. The summed E-state index contributed by atoms with van der Waals surface area (Å²) in [6.07, 6.45) is -1.25. The van der Waals surface area contributed by atoms with E-state index >= 15 is 0 Å². The highest BCUT2D eigenvalue weighted by Gasteiger charge is 2.38. The van der Waals surface area contributed by atoms with Crippen molar-refractivity contribution in [3.8, 4) is 11.5 Å². The average molecular weight is 568 g/mol. The Morgan fingerprint density at radius 2 is 1.43 bits per heavy atom. The molecule has 0 aliphatic rings. The minimum absolute atomic E-state index is 0.0311. The fourth-order valence-electron chi connectivity index (χ4n) is 3.75. The number of methoxy groups -OCH3 is 1. The van der Waals surface area contributed by atoms with Crippen LogP contribution in [0.25, 0.3) is 0 Å². The van der Waals surface area contributed by atoms with Crippen LogP contribution in [0, 0.1) is 17.8 Å². The van der Waals surface area contributed by atoms with E-state index < -0.39 is 29.9 Å².